The molecular formula is C36H72. The van der Waals surface area contributed by atoms with Crippen LogP contribution in [-0.2, 0) is 0 Å². The van der Waals surface area contributed by atoms with Crippen molar-refractivity contribution in [1.82, 2.24) is 0 Å². The molecule has 0 fully saturated rings. The molecule has 0 nitrogen and oxygen atoms in total. The molecule has 0 saturated carbocycles. The Labute approximate surface area is 231 Å². The lowest BCUT2D eigenvalue weighted by atomic mass is 9.65. The van der Waals surface area contributed by atoms with Crippen LogP contribution in [0, 0.1) is 34.5 Å². The molecule has 0 aromatic carbocycles. The third kappa shape index (κ3) is 12.3. The normalized spacial score (nSPS) is 30.4. The summed E-state index contributed by atoms with van der Waals surface area (Å²) < 4.78 is 0. The molecule has 0 saturated heterocycles. The first-order chi connectivity index (χ1) is 17.1. The van der Waals surface area contributed by atoms with Crippen LogP contribution in [0.3, 0.4) is 0 Å². The largest absolute Gasteiger partial charge is 0.0917 e. The summed E-state index contributed by atoms with van der Waals surface area (Å²) in [6.45, 7) is 32.0. The highest BCUT2D eigenvalue weighted by Gasteiger charge is 2.35. The highest BCUT2D eigenvalue weighted by molar-refractivity contribution is 5.19. The molecule has 0 amide bonds. The van der Waals surface area contributed by atoms with E-state index in [1.165, 1.54) is 77.0 Å². The van der Waals surface area contributed by atoms with Crippen molar-refractivity contribution in [2.24, 2.45) is 34.5 Å². The lowest BCUT2D eigenvalue weighted by Gasteiger charge is -2.40. The third-order valence-electron chi connectivity index (χ3n) is 9.84. The van der Waals surface area contributed by atoms with Gasteiger partial charge in [-0.25, -0.2) is 0 Å². The maximum atomic E-state index is 2.58. The Morgan fingerprint density at radius 3 is 1.92 bits per heavy atom. The number of unbranched alkanes of at least 4 members (excludes halogenated alkanes) is 1. The second-order valence-corrected chi connectivity index (χ2v) is 12.3. The molecule has 0 heterocycles. The summed E-state index contributed by atoms with van der Waals surface area (Å²) in [5.74, 6) is 3.32. The molecule has 36 heavy (non-hydrogen) atoms. The van der Waals surface area contributed by atoms with Crippen molar-refractivity contribution < 1.29 is 0 Å². The molecule has 2 aliphatic rings. The van der Waals surface area contributed by atoms with Gasteiger partial charge in [0.25, 0.3) is 0 Å². The third-order valence-corrected chi connectivity index (χ3v) is 9.84. The van der Waals surface area contributed by atoms with E-state index in [1.54, 1.807) is 0 Å². The molecule has 0 aliphatic heterocycles. The van der Waals surface area contributed by atoms with Crippen molar-refractivity contribution in [2.75, 3.05) is 0 Å². The molecular weight excluding hydrogens is 432 g/mol. The Bertz CT molecular complexity index is 573. The lowest BCUT2D eigenvalue weighted by Crippen LogP contribution is -2.30. The summed E-state index contributed by atoms with van der Waals surface area (Å²) in [5, 5.41) is 0. The van der Waals surface area contributed by atoms with Gasteiger partial charge < -0.3 is 0 Å². The smallest absolute Gasteiger partial charge is 0.0229 e. The zero-order chi connectivity index (χ0) is 28.4. The van der Waals surface area contributed by atoms with Crippen LogP contribution in [-0.4, -0.2) is 0 Å². The van der Waals surface area contributed by atoms with Crippen LogP contribution < -0.4 is 0 Å². The van der Waals surface area contributed by atoms with Gasteiger partial charge in [0.05, 0.1) is 0 Å². The van der Waals surface area contributed by atoms with Crippen LogP contribution in [0.4, 0.5) is 0 Å². The highest BCUT2D eigenvalue weighted by atomic mass is 14.4. The average Bonchev–Trinajstić information content (AvgIpc) is 2.94. The van der Waals surface area contributed by atoms with Gasteiger partial charge in [-0.1, -0.05) is 113 Å². The Morgan fingerprint density at radius 2 is 1.33 bits per heavy atom. The quantitative estimate of drug-likeness (QED) is 0.264. The van der Waals surface area contributed by atoms with Gasteiger partial charge in [0, 0.05) is 0 Å². The molecule has 2 aliphatic carbocycles. The monoisotopic (exact) mass is 505 g/mol. The van der Waals surface area contributed by atoms with Crippen LogP contribution in [0.1, 0.15) is 174 Å². The molecule has 0 radical (unpaired) electrons. The fourth-order valence-electron chi connectivity index (χ4n) is 6.31. The molecule has 4 atom stereocenters. The van der Waals surface area contributed by atoms with E-state index in [2.05, 4.69) is 67.5 Å². The van der Waals surface area contributed by atoms with Crippen molar-refractivity contribution >= 4 is 0 Å². The van der Waals surface area contributed by atoms with Gasteiger partial charge in [0.2, 0.25) is 0 Å². The van der Waals surface area contributed by atoms with E-state index in [-0.39, 0.29) is 0 Å². The Balaban J connectivity index is 0. The molecule has 0 aromatic rings. The van der Waals surface area contributed by atoms with Gasteiger partial charge in [-0.2, -0.15) is 0 Å². The second kappa shape index (κ2) is 20.4. The molecule has 4 unspecified atom stereocenters. The van der Waals surface area contributed by atoms with Crippen molar-refractivity contribution in [2.45, 2.75) is 174 Å². The average molecular weight is 505 g/mol. The summed E-state index contributed by atoms with van der Waals surface area (Å²) in [5.41, 5.74) is 4.72. The summed E-state index contributed by atoms with van der Waals surface area (Å²) in [4.78, 5) is 0. The molecule has 2 rings (SSSR count). The second-order valence-electron chi connectivity index (χ2n) is 12.3. The highest BCUT2D eigenvalue weighted by Crippen LogP contribution is 2.47. The zero-order valence-corrected chi connectivity index (χ0v) is 27.9. The Hall–Kier alpha value is -0.520. The van der Waals surface area contributed by atoms with E-state index in [9.17, 15) is 0 Å². The first kappa shape index (κ1) is 37.6. The molecule has 0 spiro atoms. The topological polar surface area (TPSA) is 0 Å². The van der Waals surface area contributed by atoms with E-state index in [0.717, 1.165) is 23.7 Å². The lowest BCUT2D eigenvalue weighted by molar-refractivity contribution is 0.117. The zero-order valence-electron chi connectivity index (χ0n) is 27.9. The van der Waals surface area contributed by atoms with Crippen molar-refractivity contribution in [3.05, 3.63) is 23.3 Å². The van der Waals surface area contributed by atoms with E-state index in [4.69, 9.17) is 0 Å². The molecule has 0 heteroatoms. The van der Waals surface area contributed by atoms with E-state index < -0.39 is 0 Å². The van der Waals surface area contributed by atoms with Gasteiger partial charge in [-0.15, -0.1) is 0 Å². The number of rotatable bonds is 4. The van der Waals surface area contributed by atoms with Crippen LogP contribution >= 0.6 is 0 Å². The van der Waals surface area contributed by atoms with Crippen molar-refractivity contribution in [1.29, 1.82) is 0 Å². The maximum Gasteiger partial charge on any atom is -0.0229 e. The van der Waals surface area contributed by atoms with E-state index in [1.807, 2.05) is 52.7 Å². The predicted molar refractivity (Wildman–Crippen MR) is 170 cm³/mol. The fraction of sp³-hybridized carbons (Fsp3) is 0.889. The van der Waals surface area contributed by atoms with Crippen molar-refractivity contribution in [3.63, 3.8) is 0 Å². The minimum Gasteiger partial charge on any atom is -0.0917 e. The Morgan fingerprint density at radius 1 is 0.750 bits per heavy atom. The van der Waals surface area contributed by atoms with Crippen LogP contribution in [0.5, 0.6) is 0 Å². The summed E-state index contributed by atoms with van der Waals surface area (Å²) >= 11 is 0. The van der Waals surface area contributed by atoms with Crippen LogP contribution in [0.25, 0.3) is 0 Å². The van der Waals surface area contributed by atoms with Crippen LogP contribution in [0.15, 0.2) is 23.3 Å². The minimum atomic E-state index is 0.469. The number of hydrogen-bond acceptors (Lipinski definition) is 0. The minimum absolute atomic E-state index is 0.469. The van der Waals surface area contributed by atoms with Gasteiger partial charge in [0.1, 0.15) is 0 Å². The van der Waals surface area contributed by atoms with Gasteiger partial charge >= 0.3 is 0 Å². The first-order valence-electron chi connectivity index (χ1n) is 16.4. The van der Waals surface area contributed by atoms with Gasteiger partial charge in [-0.05, 0) is 118 Å². The first-order valence-corrected chi connectivity index (χ1v) is 16.4. The summed E-state index contributed by atoms with van der Waals surface area (Å²) in [6, 6.07) is 0. The number of hydrogen-bond donors (Lipinski definition) is 0. The molecule has 216 valence electrons. The molecule has 0 N–H and O–H groups in total. The SMILES string of the molecule is C/C=C/CCCC1CCC/C2=C(\CCC1(C)C)C(C)CCC(C)C(C)(C)C(C)CC2.CC.CC.CC. The summed E-state index contributed by atoms with van der Waals surface area (Å²) in [7, 11) is 0. The van der Waals surface area contributed by atoms with Gasteiger partial charge in [0.15, 0.2) is 0 Å². The number of allylic oxidation sites excluding steroid dienone is 4. The fourth-order valence-corrected chi connectivity index (χ4v) is 6.31. The molecule has 0 bridgehead atoms. The summed E-state index contributed by atoms with van der Waals surface area (Å²) in [6.07, 6.45) is 21.1. The van der Waals surface area contributed by atoms with E-state index in [0.29, 0.717) is 10.8 Å². The standard InChI is InChI=1S/C30H54.3C2H6/c1-9-10-11-12-15-27-16-13-14-26-20-19-25(4)30(7,8)24(3)18-17-23(2)28(26)21-22-29(27,5)6;3*1-2/h9-10,23-25,27H,11-22H2,1-8H3;3*1-2H3/b10-9+,28-26-;;;. The Kier molecular flexibility index (Phi) is 21.4. The predicted octanol–water partition coefficient (Wildman–Crippen LogP) is 13.2. The van der Waals surface area contributed by atoms with E-state index >= 15 is 0 Å². The van der Waals surface area contributed by atoms with Crippen molar-refractivity contribution in [3.8, 4) is 0 Å². The maximum absolute atomic E-state index is 2.58. The van der Waals surface area contributed by atoms with Gasteiger partial charge in [-0.3, -0.25) is 0 Å². The molecule has 0 aromatic heterocycles. The van der Waals surface area contributed by atoms with Crippen LogP contribution in [0.2, 0.25) is 0 Å².